The second-order valence-corrected chi connectivity index (χ2v) is 8.48. The molecule has 120 valence electrons. The van der Waals surface area contributed by atoms with Crippen LogP contribution in [0.3, 0.4) is 0 Å². The lowest BCUT2D eigenvalue weighted by molar-refractivity contribution is 0.302. The lowest BCUT2D eigenvalue weighted by Gasteiger charge is -2.34. The van der Waals surface area contributed by atoms with Crippen molar-refractivity contribution in [3.8, 4) is 0 Å². The quantitative estimate of drug-likeness (QED) is 0.663. The number of hydrogen-bond acceptors (Lipinski definition) is 2. The maximum atomic E-state index is 3.87. The molecule has 1 aromatic carbocycles. The first kappa shape index (κ1) is 18.6. The van der Waals surface area contributed by atoms with Gasteiger partial charge in [0.2, 0.25) is 0 Å². The fourth-order valence-corrected chi connectivity index (χ4v) is 3.58. The van der Waals surface area contributed by atoms with Crippen LogP contribution in [0, 0.1) is 5.41 Å². The normalized spacial score (nSPS) is 14.2. The van der Waals surface area contributed by atoms with Crippen molar-refractivity contribution in [1.82, 2.24) is 5.32 Å². The third kappa shape index (κ3) is 6.04. The lowest BCUT2D eigenvalue weighted by Crippen LogP contribution is -2.39. The van der Waals surface area contributed by atoms with Crippen molar-refractivity contribution in [1.29, 1.82) is 0 Å². The van der Waals surface area contributed by atoms with Gasteiger partial charge in [-0.25, -0.2) is 0 Å². The van der Waals surface area contributed by atoms with Gasteiger partial charge in [0, 0.05) is 17.3 Å². The van der Waals surface area contributed by atoms with E-state index < -0.39 is 0 Å². The highest BCUT2D eigenvalue weighted by Crippen LogP contribution is 2.33. The van der Waals surface area contributed by atoms with Crippen molar-refractivity contribution < 1.29 is 0 Å². The summed E-state index contributed by atoms with van der Waals surface area (Å²) in [5.41, 5.74) is 1.74. The smallest absolute Gasteiger partial charge is 0.0325 e. The van der Waals surface area contributed by atoms with Crippen molar-refractivity contribution in [2.45, 2.75) is 64.7 Å². The van der Waals surface area contributed by atoms with Gasteiger partial charge in [0.1, 0.15) is 0 Å². The Morgan fingerprint density at radius 2 is 1.62 bits per heavy atom. The van der Waals surface area contributed by atoms with Crippen molar-refractivity contribution in [2.75, 3.05) is 12.8 Å². The van der Waals surface area contributed by atoms with E-state index in [1.54, 1.807) is 0 Å². The molecule has 0 aliphatic carbocycles. The minimum Gasteiger partial charge on any atom is -0.309 e. The minimum atomic E-state index is 0.327. The molecule has 0 amide bonds. The average Bonchev–Trinajstić information content (AvgIpc) is 2.47. The van der Waals surface area contributed by atoms with Gasteiger partial charge in [-0.3, -0.25) is 0 Å². The molecule has 1 unspecified atom stereocenters. The van der Waals surface area contributed by atoms with E-state index in [9.17, 15) is 0 Å². The molecule has 0 aromatic heterocycles. The van der Waals surface area contributed by atoms with E-state index in [4.69, 9.17) is 0 Å². The molecule has 0 saturated heterocycles. The van der Waals surface area contributed by atoms with Crippen LogP contribution in [0.1, 0.15) is 65.5 Å². The predicted octanol–water partition coefficient (Wildman–Crippen LogP) is 5.68. The predicted molar refractivity (Wildman–Crippen MR) is 98.1 cm³/mol. The molecule has 0 spiro atoms. The molecule has 2 heteroatoms. The van der Waals surface area contributed by atoms with Gasteiger partial charge < -0.3 is 5.32 Å². The van der Waals surface area contributed by atoms with Gasteiger partial charge in [-0.05, 0) is 36.5 Å². The zero-order valence-electron chi connectivity index (χ0n) is 14.7. The summed E-state index contributed by atoms with van der Waals surface area (Å²) < 4.78 is 0.366. The van der Waals surface area contributed by atoms with Gasteiger partial charge in [-0.1, -0.05) is 65.0 Å². The van der Waals surface area contributed by atoms with E-state index in [2.05, 4.69) is 76.5 Å². The summed E-state index contributed by atoms with van der Waals surface area (Å²) in [5.74, 6) is 0. The van der Waals surface area contributed by atoms with Gasteiger partial charge in [0.05, 0.1) is 0 Å². The maximum Gasteiger partial charge on any atom is 0.0325 e. The first-order valence-corrected chi connectivity index (χ1v) is 9.42. The number of benzene rings is 1. The van der Waals surface area contributed by atoms with Gasteiger partial charge in [-0.2, -0.15) is 11.8 Å². The highest BCUT2D eigenvalue weighted by atomic mass is 32.2. The van der Waals surface area contributed by atoms with E-state index in [0.29, 0.717) is 16.2 Å². The Morgan fingerprint density at radius 3 is 2.05 bits per heavy atom. The lowest BCUT2D eigenvalue weighted by atomic mass is 9.85. The summed E-state index contributed by atoms with van der Waals surface area (Å²) in [6, 6.07) is 11.3. The third-order valence-corrected chi connectivity index (χ3v) is 6.00. The molecular formula is C19H33NS. The Balaban J connectivity index is 2.83. The fraction of sp³-hybridized carbons (Fsp3) is 0.684. The molecule has 0 fully saturated rings. The molecule has 0 aliphatic heterocycles. The largest absolute Gasteiger partial charge is 0.309 e. The molecule has 1 N–H and O–H groups in total. The highest BCUT2D eigenvalue weighted by molar-refractivity contribution is 8.00. The van der Waals surface area contributed by atoms with E-state index in [0.717, 1.165) is 13.0 Å². The summed E-state index contributed by atoms with van der Waals surface area (Å²) in [5, 5.41) is 3.87. The zero-order chi connectivity index (χ0) is 15.9. The van der Waals surface area contributed by atoms with Crippen LogP contribution in [0.4, 0.5) is 0 Å². The van der Waals surface area contributed by atoms with Crippen LogP contribution in [-0.4, -0.2) is 17.5 Å². The highest BCUT2D eigenvalue weighted by Gasteiger charge is 2.27. The molecule has 1 nitrogen and oxygen atoms in total. The van der Waals surface area contributed by atoms with E-state index in [-0.39, 0.29) is 0 Å². The Bertz CT molecular complexity index is 382. The van der Waals surface area contributed by atoms with Crippen LogP contribution in [0.5, 0.6) is 0 Å². The van der Waals surface area contributed by atoms with Crippen molar-refractivity contribution >= 4 is 11.8 Å². The first-order valence-electron chi connectivity index (χ1n) is 8.19. The molecule has 0 radical (unpaired) electrons. The zero-order valence-corrected chi connectivity index (χ0v) is 15.5. The molecule has 0 bridgehead atoms. The minimum absolute atomic E-state index is 0.327. The average molecular weight is 308 g/mol. The maximum absolute atomic E-state index is 3.87. The fourth-order valence-electron chi connectivity index (χ4n) is 2.78. The molecule has 1 atom stereocenters. The van der Waals surface area contributed by atoms with E-state index in [1.807, 2.05) is 11.8 Å². The van der Waals surface area contributed by atoms with Crippen LogP contribution < -0.4 is 5.32 Å². The SMILES string of the molecule is CCC(CC)(CNC(CC(C)(C)C)c1ccccc1)SC. The molecule has 0 aliphatic rings. The van der Waals surface area contributed by atoms with Gasteiger partial charge in [0.15, 0.2) is 0 Å². The Hall–Kier alpha value is -0.470. The third-order valence-electron chi connectivity index (χ3n) is 4.41. The molecule has 1 rings (SSSR count). The molecular weight excluding hydrogens is 274 g/mol. The molecule has 0 heterocycles. The number of nitrogens with one attached hydrogen (secondary N) is 1. The van der Waals surface area contributed by atoms with Gasteiger partial charge >= 0.3 is 0 Å². The van der Waals surface area contributed by atoms with Gasteiger partial charge in [0.25, 0.3) is 0 Å². The summed E-state index contributed by atoms with van der Waals surface area (Å²) in [6.07, 6.45) is 5.84. The molecule has 21 heavy (non-hydrogen) atoms. The second kappa shape index (κ2) is 8.24. The monoisotopic (exact) mass is 307 g/mol. The number of thioether (sulfide) groups is 1. The second-order valence-electron chi connectivity index (χ2n) is 7.20. The Labute approximate surface area is 136 Å². The van der Waals surface area contributed by atoms with Crippen molar-refractivity contribution in [2.24, 2.45) is 5.41 Å². The van der Waals surface area contributed by atoms with Gasteiger partial charge in [-0.15, -0.1) is 0 Å². The van der Waals surface area contributed by atoms with Crippen LogP contribution in [0.15, 0.2) is 30.3 Å². The van der Waals surface area contributed by atoms with Crippen LogP contribution in [0.25, 0.3) is 0 Å². The number of rotatable bonds is 8. The van der Waals surface area contributed by atoms with E-state index >= 15 is 0 Å². The van der Waals surface area contributed by atoms with Crippen LogP contribution >= 0.6 is 11.8 Å². The summed E-state index contributed by atoms with van der Waals surface area (Å²) in [7, 11) is 0. The molecule has 0 saturated carbocycles. The van der Waals surface area contributed by atoms with Crippen molar-refractivity contribution in [3.63, 3.8) is 0 Å². The van der Waals surface area contributed by atoms with E-state index in [1.165, 1.54) is 18.4 Å². The van der Waals surface area contributed by atoms with Crippen molar-refractivity contribution in [3.05, 3.63) is 35.9 Å². The van der Waals surface area contributed by atoms with Crippen LogP contribution in [-0.2, 0) is 0 Å². The van der Waals surface area contributed by atoms with Crippen LogP contribution in [0.2, 0.25) is 0 Å². The standard InChI is InChI=1S/C19H33NS/c1-7-19(8-2,21-6)15-20-17(14-18(3,4)5)16-12-10-9-11-13-16/h9-13,17,20H,7-8,14-15H2,1-6H3. The Kier molecular flexibility index (Phi) is 7.29. The topological polar surface area (TPSA) is 12.0 Å². The number of hydrogen-bond donors (Lipinski definition) is 1. The Morgan fingerprint density at radius 1 is 1.05 bits per heavy atom. The summed E-state index contributed by atoms with van der Waals surface area (Å²) in [4.78, 5) is 0. The summed E-state index contributed by atoms with van der Waals surface area (Å²) in [6.45, 7) is 12.7. The summed E-state index contributed by atoms with van der Waals surface area (Å²) >= 11 is 2.01. The molecule has 1 aromatic rings. The first-order chi connectivity index (χ1) is 9.86.